The molecular weight excluding hydrogens is 341 g/mol. The number of pyridine rings is 1. The lowest BCUT2D eigenvalue weighted by molar-refractivity contribution is -0.142. The number of carbonyl (C=O) groups excluding carboxylic acids is 1. The standard InChI is InChI=1S/C10H7BrF5NO2/c1-2-19-9(18)4-3-5(8(12)13)17-7(6(4)11)10(14,15)16/h3,8H,2H2,1H3. The van der Waals surface area contributed by atoms with Crippen molar-refractivity contribution in [3.05, 3.63) is 27.5 Å². The Morgan fingerprint density at radius 1 is 1.47 bits per heavy atom. The first-order valence-electron chi connectivity index (χ1n) is 4.91. The van der Waals surface area contributed by atoms with Gasteiger partial charge in [-0.3, -0.25) is 0 Å². The normalized spacial score (nSPS) is 11.8. The molecule has 0 radical (unpaired) electrons. The molecule has 0 bridgehead atoms. The smallest absolute Gasteiger partial charge is 0.434 e. The molecule has 0 fully saturated rings. The predicted molar refractivity (Wildman–Crippen MR) is 57.9 cm³/mol. The molecular formula is C10H7BrF5NO2. The molecule has 0 aromatic carbocycles. The molecule has 0 atom stereocenters. The Labute approximate surface area is 112 Å². The molecule has 1 aromatic heterocycles. The molecule has 0 aliphatic carbocycles. The summed E-state index contributed by atoms with van der Waals surface area (Å²) in [5, 5.41) is 0. The largest absolute Gasteiger partial charge is 0.462 e. The first-order chi connectivity index (χ1) is 8.68. The van der Waals surface area contributed by atoms with Crippen LogP contribution >= 0.6 is 15.9 Å². The Hall–Kier alpha value is -1.25. The summed E-state index contributed by atoms with van der Waals surface area (Å²) in [4.78, 5) is 14.2. The van der Waals surface area contributed by atoms with Gasteiger partial charge in [-0.1, -0.05) is 0 Å². The van der Waals surface area contributed by atoms with E-state index in [2.05, 4.69) is 25.7 Å². The minimum atomic E-state index is -4.97. The highest BCUT2D eigenvalue weighted by Crippen LogP contribution is 2.37. The number of rotatable bonds is 3. The van der Waals surface area contributed by atoms with Crippen molar-refractivity contribution in [2.75, 3.05) is 6.61 Å². The van der Waals surface area contributed by atoms with Gasteiger partial charge in [0.15, 0.2) is 5.69 Å². The van der Waals surface area contributed by atoms with Crippen LogP contribution in [0.4, 0.5) is 22.0 Å². The van der Waals surface area contributed by atoms with Crippen molar-refractivity contribution in [2.24, 2.45) is 0 Å². The Morgan fingerprint density at radius 2 is 2.05 bits per heavy atom. The zero-order valence-corrected chi connectivity index (χ0v) is 11.0. The maximum absolute atomic E-state index is 12.6. The van der Waals surface area contributed by atoms with Gasteiger partial charge in [0.25, 0.3) is 6.43 Å². The third-order valence-electron chi connectivity index (χ3n) is 1.96. The van der Waals surface area contributed by atoms with E-state index in [-0.39, 0.29) is 6.61 Å². The summed E-state index contributed by atoms with van der Waals surface area (Å²) in [7, 11) is 0. The number of ether oxygens (including phenoxy) is 1. The van der Waals surface area contributed by atoms with Crippen LogP contribution in [0.3, 0.4) is 0 Å². The van der Waals surface area contributed by atoms with Crippen molar-refractivity contribution in [2.45, 2.75) is 19.5 Å². The van der Waals surface area contributed by atoms with Crippen LogP contribution in [-0.4, -0.2) is 17.6 Å². The molecule has 0 aliphatic heterocycles. The van der Waals surface area contributed by atoms with Crippen LogP contribution in [0, 0.1) is 0 Å². The van der Waals surface area contributed by atoms with E-state index in [9.17, 15) is 26.7 Å². The minimum absolute atomic E-state index is 0.0983. The second-order valence-electron chi connectivity index (χ2n) is 3.28. The highest BCUT2D eigenvalue weighted by molar-refractivity contribution is 9.10. The maximum atomic E-state index is 12.6. The third-order valence-corrected chi connectivity index (χ3v) is 2.77. The van der Waals surface area contributed by atoms with Gasteiger partial charge in [0, 0.05) is 0 Å². The van der Waals surface area contributed by atoms with E-state index >= 15 is 0 Å². The van der Waals surface area contributed by atoms with E-state index in [0.717, 1.165) is 0 Å². The summed E-state index contributed by atoms with van der Waals surface area (Å²) < 4.78 is 66.7. The molecule has 9 heteroatoms. The van der Waals surface area contributed by atoms with Crippen LogP contribution in [0.1, 0.15) is 35.1 Å². The fraction of sp³-hybridized carbons (Fsp3) is 0.400. The van der Waals surface area contributed by atoms with Gasteiger partial charge in [0.2, 0.25) is 0 Å². The van der Waals surface area contributed by atoms with E-state index in [1.165, 1.54) is 6.92 Å². The molecule has 1 aromatic rings. The molecule has 106 valence electrons. The number of hydrogen-bond donors (Lipinski definition) is 0. The first kappa shape index (κ1) is 15.8. The number of carbonyl (C=O) groups is 1. The number of esters is 1. The van der Waals surface area contributed by atoms with Crippen LogP contribution in [0.15, 0.2) is 10.5 Å². The summed E-state index contributed by atoms with van der Waals surface area (Å²) in [5.74, 6) is -1.14. The zero-order valence-electron chi connectivity index (χ0n) is 9.39. The van der Waals surface area contributed by atoms with E-state index in [0.29, 0.717) is 6.07 Å². The van der Waals surface area contributed by atoms with Gasteiger partial charge >= 0.3 is 12.1 Å². The van der Waals surface area contributed by atoms with Crippen LogP contribution in [-0.2, 0) is 10.9 Å². The van der Waals surface area contributed by atoms with E-state index in [1.54, 1.807) is 0 Å². The Balaban J connectivity index is 3.46. The van der Waals surface area contributed by atoms with E-state index < -0.39 is 40.0 Å². The van der Waals surface area contributed by atoms with Crippen LogP contribution in [0.25, 0.3) is 0 Å². The van der Waals surface area contributed by atoms with Crippen molar-refractivity contribution in [1.82, 2.24) is 4.98 Å². The molecule has 0 saturated heterocycles. The highest BCUT2D eigenvalue weighted by atomic mass is 79.9. The Kier molecular flexibility index (Phi) is 4.83. The van der Waals surface area contributed by atoms with Gasteiger partial charge in [0.05, 0.1) is 16.6 Å². The van der Waals surface area contributed by atoms with Gasteiger partial charge in [0.1, 0.15) is 5.69 Å². The molecule has 0 unspecified atom stereocenters. The molecule has 3 nitrogen and oxygen atoms in total. The molecule has 0 N–H and O–H groups in total. The molecule has 0 saturated carbocycles. The summed E-state index contributed by atoms with van der Waals surface area (Å²) in [5.41, 5.74) is -3.37. The molecule has 0 aliphatic rings. The van der Waals surface area contributed by atoms with Gasteiger partial charge in [-0.2, -0.15) is 13.2 Å². The van der Waals surface area contributed by atoms with Gasteiger partial charge in [-0.15, -0.1) is 0 Å². The summed E-state index contributed by atoms with van der Waals surface area (Å²) >= 11 is 2.54. The van der Waals surface area contributed by atoms with Crippen LogP contribution < -0.4 is 0 Å². The molecule has 1 heterocycles. The van der Waals surface area contributed by atoms with E-state index in [1.807, 2.05) is 0 Å². The Bertz CT molecular complexity index is 490. The lowest BCUT2D eigenvalue weighted by Crippen LogP contribution is -2.16. The number of hydrogen-bond acceptors (Lipinski definition) is 3. The minimum Gasteiger partial charge on any atom is -0.462 e. The average molecular weight is 348 g/mol. The second-order valence-corrected chi connectivity index (χ2v) is 4.07. The van der Waals surface area contributed by atoms with Gasteiger partial charge < -0.3 is 4.74 Å². The van der Waals surface area contributed by atoms with Crippen molar-refractivity contribution in [3.63, 3.8) is 0 Å². The molecule has 0 amide bonds. The molecule has 1 rings (SSSR count). The number of aromatic nitrogens is 1. The van der Waals surface area contributed by atoms with Crippen molar-refractivity contribution in [3.8, 4) is 0 Å². The molecule has 19 heavy (non-hydrogen) atoms. The third kappa shape index (κ3) is 3.62. The predicted octanol–water partition coefficient (Wildman–Crippen LogP) is 3.98. The number of halogens is 6. The SMILES string of the molecule is CCOC(=O)c1cc(C(F)F)nc(C(F)(F)F)c1Br. The summed E-state index contributed by atoms with van der Waals surface area (Å²) in [6.45, 7) is 1.34. The maximum Gasteiger partial charge on any atom is 0.434 e. The van der Waals surface area contributed by atoms with Gasteiger partial charge in [-0.25, -0.2) is 18.6 Å². The molecule has 0 spiro atoms. The summed E-state index contributed by atoms with van der Waals surface area (Å²) in [6, 6.07) is 0.571. The second kappa shape index (κ2) is 5.81. The van der Waals surface area contributed by atoms with Crippen molar-refractivity contribution in [1.29, 1.82) is 0 Å². The zero-order chi connectivity index (χ0) is 14.8. The lowest BCUT2D eigenvalue weighted by Gasteiger charge is -2.13. The number of nitrogens with zero attached hydrogens (tertiary/aromatic N) is 1. The van der Waals surface area contributed by atoms with Crippen LogP contribution in [0.5, 0.6) is 0 Å². The topological polar surface area (TPSA) is 39.2 Å². The summed E-state index contributed by atoms with van der Waals surface area (Å²) in [6.07, 6.45) is -8.20. The van der Waals surface area contributed by atoms with Crippen molar-refractivity contribution < 1.29 is 31.5 Å². The fourth-order valence-corrected chi connectivity index (χ4v) is 1.80. The Morgan fingerprint density at radius 3 is 2.47 bits per heavy atom. The van der Waals surface area contributed by atoms with E-state index in [4.69, 9.17) is 0 Å². The average Bonchev–Trinajstić information content (AvgIpc) is 2.27. The first-order valence-corrected chi connectivity index (χ1v) is 5.70. The fourth-order valence-electron chi connectivity index (χ4n) is 1.21. The monoisotopic (exact) mass is 347 g/mol. The lowest BCUT2D eigenvalue weighted by atomic mass is 10.2. The van der Waals surface area contributed by atoms with Crippen molar-refractivity contribution >= 4 is 21.9 Å². The van der Waals surface area contributed by atoms with Gasteiger partial charge in [-0.05, 0) is 28.9 Å². The number of alkyl halides is 5. The quantitative estimate of drug-likeness (QED) is 0.613. The highest BCUT2D eigenvalue weighted by Gasteiger charge is 2.38. The van der Waals surface area contributed by atoms with Crippen LogP contribution in [0.2, 0.25) is 0 Å².